The number of halogens is 2. The minimum absolute atomic E-state index is 0. The number of rotatable bonds is 2. The molecular weight excluding hydrogens is 271 g/mol. The van der Waals surface area contributed by atoms with E-state index in [0.717, 1.165) is 30.0 Å². The molecular formula is C13H14Cl2N2O. The van der Waals surface area contributed by atoms with Crippen molar-refractivity contribution in [3.8, 4) is 11.3 Å². The summed E-state index contributed by atoms with van der Waals surface area (Å²) in [4.78, 5) is 0. The fourth-order valence-electron chi connectivity index (χ4n) is 2.16. The second-order valence-corrected chi connectivity index (χ2v) is 4.71. The van der Waals surface area contributed by atoms with E-state index >= 15 is 0 Å². The highest BCUT2D eigenvalue weighted by Gasteiger charge is 2.20. The molecule has 0 unspecified atom stereocenters. The minimum atomic E-state index is 0. The lowest BCUT2D eigenvalue weighted by molar-refractivity contribution is 0.353. The Hall–Kier alpha value is -1.03. The van der Waals surface area contributed by atoms with Gasteiger partial charge in [0, 0.05) is 16.7 Å². The standard InChI is InChI=1S/C13H13ClN2O.ClH/c14-10-4-1-3-9(7-10)12-8-13(17-16-12)11-5-2-6-15-11;/h1,3-4,7-8,11,15H,2,5-6H2;1H/t11-;/m0./s1. The molecule has 1 aromatic carbocycles. The first-order valence-corrected chi connectivity index (χ1v) is 6.17. The normalized spacial score (nSPS) is 18.6. The third-order valence-electron chi connectivity index (χ3n) is 3.05. The smallest absolute Gasteiger partial charge is 0.154 e. The molecule has 0 spiro atoms. The van der Waals surface area contributed by atoms with Crippen molar-refractivity contribution in [3.63, 3.8) is 0 Å². The van der Waals surface area contributed by atoms with E-state index < -0.39 is 0 Å². The van der Waals surface area contributed by atoms with Crippen LogP contribution in [0.1, 0.15) is 24.6 Å². The first-order chi connectivity index (χ1) is 8.33. The lowest BCUT2D eigenvalue weighted by Crippen LogP contribution is -2.11. The van der Waals surface area contributed by atoms with Gasteiger partial charge in [-0.25, -0.2) is 0 Å². The molecule has 0 radical (unpaired) electrons. The third kappa shape index (κ3) is 2.69. The first kappa shape index (κ1) is 13.4. The topological polar surface area (TPSA) is 38.1 Å². The van der Waals surface area contributed by atoms with Gasteiger partial charge in [0.25, 0.3) is 0 Å². The molecule has 0 aliphatic carbocycles. The van der Waals surface area contributed by atoms with Crippen molar-refractivity contribution in [1.29, 1.82) is 0 Å². The van der Waals surface area contributed by atoms with Crippen molar-refractivity contribution in [2.75, 3.05) is 6.54 Å². The average molecular weight is 285 g/mol. The summed E-state index contributed by atoms with van der Waals surface area (Å²) in [5.74, 6) is 0.914. The molecule has 3 rings (SSSR count). The molecule has 1 aliphatic heterocycles. The molecule has 1 atom stereocenters. The van der Waals surface area contributed by atoms with Crippen LogP contribution < -0.4 is 5.32 Å². The van der Waals surface area contributed by atoms with Gasteiger partial charge in [0.05, 0.1) is 6.04 Å². The lowest BCUT2D eigenvalue weighted by atomic mass is 10.1. The molecule has 1 aromatic heterocycles. The Morgan fingerprint density at radius 1 is 1.33 bits per heavy atom. The first-order valence-electron chi connectivity index (χ1n) is 5.79. The van der Waals surface area contributed by atoms with Gasteiger partial charge < -0.3 is 9.84 Å². The van der Waals surface area contributed by atoms with E-state index in [-0.39, 0.29) is 12.4 Å². The molecule has 1 N–H and O–H groups in total. The number of nitrogens with one attached hydrogen (secondary N) is 1. The van der Waals surface area contributed by atoms with E-state index in [0.29, 0.717) is 11.1 Å². The Morgan fingerprint density at radius 3 is 2.94 bits per heavy atom. The van der Waals surface area contributed by atoms with Crippen LogP contribution in [0.25, 0.3) is 11.3 Å². The van der Waals surface area contributed by atoms with Gasteiger partial charge in [-0.05, 0) is 31.5 Å². The maximum Gasteiger partial charge on any atom is 0.154 e. The van der Waals surface area contributed by atoms with Crippen LogP contribution in [0.5, 0.6) is 0 Å². The van der Waals surface area contributed by atoms with Crippen LogP contribution in [-0.2, 0) is 0 Å². The zero-order valence-corrected chi connectivity index (χ0v) is 11.3. The van der Waals surface area contributed by atoms with Gasteiger partial charge in [0.2, 0.25) is 0 Å². The van der Waals surface area contributed by atoms with Crippen LogP contribution in [0.3, 0.4) is 0 Å². The highest BCUT2D eigenvalue weighted by Crippen LogP contribution is 2.28. The van der Waals surface area contributed by atoms with Crippen molar-refractivity contribution < 1.29 is 4.52 Å². The maximum absolute atomic E-state index is 5.96. The van der Waals surface area contributed by atoms with Crippen molar-refractivity contribution in [1.82, 2.24) is 10.5 Å². The Bertz CT molecular complexity index is 521. The van der Waals surface area contributed by atoms with Gasteiger partial charge in [-0.1, -0.05) is 28.9 Å². The highest BCUT2D eigenvalue weighted by molar-refractivity contribution is 6.30. The van der Waals surface area contributed by atoms with Gasteiger partial charge in [-0.2, -0.15) is 0 Å². The van der Waals surface area contributed by atoms with E-state index in [9.17, 15) is 0 Å². The summed E-state index contributed by atoms with van der Waals surface area (Å²) in [7, 11) is 0. The molecule has 18 heavy (non-hydrogen) atoms. The Morgan fingerprint density at radius 2 is 2.22 bits per heavy atom. The summed E-state index contributed by atoms with van der Waals surface area (Å²) in [5, 5.41) is 8.20. The largest absolute Gasteiger partial charge is 0.359 e. The van der Waals surface area contributed by atoms with Gasteiger partial charge >= 0.3 is 0 Å². The molecule has 5 heteroatoms. The van der Waals surface area contributed by atoms with Crippen LogP contribution in [0, 0.1) is 0 Å². The van der Waals surface area contributed by atoms with Crippen molar-refractivity contribution in [3.05, 3.63) is 41.1 Å². The molecule has 0 saturated carbocycles. The van der Waals surface area contributed by atoms with Crippen LogP contribution in [0.15, 0.2) is 34.9 Å². The minimum Gasteiger partial charge on any atom is -0.359 e. The molecule has 96 valence electrons. The fourth-order valence-corrected chi connectivity index (χ4v) is 2.36. The second-order valence-electron chi connectivity index (χ2n) is 4.27. The van der Waals surface area contributed by atoms with E-state index in [4.69, 9.17) is 16.1 Å². The quantitative estimate of drug-likeness (QED) is 0.911. The number of hydrogen-bond acceptors (Lipinski definition) is 3. The zero-order chi connectivity index (χ0) is 11.7. The summed E-state index contributed by atoms with van der Waals surface area (Å²) in [6, 6.07) is 9.95. The number of aromatic nitrogens is 1. The second kappa shape index (κ2) is 5.74. The van der Waals surface area contributed by atoms with Crippen molar-refractivity contribution in [2.45, 2.75) is 18.9 Å². The molecule has 1 saturated heterocycles. The molecule has 0 amide bonds. The van der Waals surface area contributed by atoms with E-state index in [1.807, 2.05) is 30.3 Å². The Labute approximate surface area is 117 Å². The number of benzene rings is 1. The lowest BCUT2D eigenvalue weighted by Gasteiger charge is -2.02. The van der Waals surface area contributed by atoms with E-state index in [1.54, 1.807) is 0 Å². The average Bonchev–Trinajstić information content (AvgIpc) is 3.00. The SMILES string of the molecule is Cl.Clc1cccc(-c2cc([C@@H]3CCCN3)on2)c1. The van der Waals surface area contributed by atoms with Crippen LogP contribution >= 0.6 is 24.0 Å². The summed E-state index contributed by atoms with van der Waals surface area (Å²) in [5.41, 5.74) is 1.83. The summed E-state index contributed by atoms with van der Waals surface area (Å²) in [6.45, 7) is 1.05. The van der Waals surface area contributed by atoms with E-state index in [2.05, 4.69) is 10.5 Å². The van der Waals surface area contributed by atoms with Crippen LogP contribution in [0.4, 0.5) is 0 Å². The summed E-state index contributed by atoms with van der Waals surface area (Å²) < 4.78 is 5.39. The van der Waals surface area contributed by atoms with Gasteiger partial charge in [-0.3, -0.25) is 0 Å². The van der Waals surface area contributed by atoms with E-state index in [1.165, 1.54) is 6.42 Å². The highest BCUT2D eigenvalue weighted by atomic mass is 35.5. The monoisotopic (exact) mass is 284 g/mol. The number of nitrogens with zero attached hydrogens (tertiary/aromatic N) is 1. The van der Waals surface area contributed by atoms with Crippen molar-refractivity contribution in [2.24, 2.45) is 0 Å². The molecule has 0 bridgehead atoms. The summed E-state index contributed by atoms with van der Waals surface area (Å²) in [6.07, 6.45) is 2.31. The zero-order valence-electron chi connectivity index (χ0n) is 9.73. The van der Waals surface area contributed by atoms with Gasteiger partial charge in [0.1, 0.15) is 5.69 Å². The molecule has 2 heterocycles. The van der Waals surface area contributed by atoms with Crippen LogP contribution in [-0.4, -0.2) is 11.7 Å². The Kier molecular flexibility index (Phi) is 4.27. The molecule has 2 aromatic rings. The molecule has 3 nitrogen and oxygen atoms in total. The third-order valence-corrected chi connectivity index (χ3v) is 3.29. The predicted octanol–water partition coefficient (Wildman–Crippen LogP) is 3.84. The van der Waals surface area contributed by atoms with Crippen LogP contribution in [0.2, 0.25) is 5.02 Å². The maximum atomic E-state index is 5.96. The van der Waals surface area contributed by atoms with Crippen molar-refractivity contribution >= 4 is 24.0 Å². The predicted molar refractivity (Wildman–Crippen MR) is 74.2 cm³/mol. The van der Waals surface area contributed by atoms with Gasteiger partial charge in [0.15, 0.2) is 5.76 Å². The fraction of sp³-hybridized carbons (Fsp3) is 0.308. The molecule has 1 aliphatic rings. The molecule has 1 fully saturated rings. The number of hydrogen-bond donors (Lipinski definition) is 1. The Balaban J connectivity index is 0.00000120. The van der Waals surface area contributed by atoms with Gasteiger partial charge in [-0.15, -0.1) is 12.4 Å². The summed E-state index contributed by atoms with van der Waals surface area (Å²) >= 11 is 5.96.